The Morgan fingerprint density at radius 1 is 1.42 bits per heavy atom. The van der Waals surface area contributed by atoms with Crippen LogP contribution in [0.2, 0.25) is 0 Å². The Labute approximate surface area is 152 Å². The van der Waals surface area contributed by atoms with Crippen molar-refractivity contribution in [1.82, 2.24) is 10.2 Å². The molecule has 0 saturated heterocycles. The van der Waals surface area contributed by atoms with Gasteiger partial charge in [0.15, 0.2) is 11.5 Å². The number of aromatic amines is 1. The summed E-state index contributed by atoms with van der Waals surface area (Å²) >= 11 is 1.54. The second-order valence-electron chi connectivity index (χ2n) is 5.65. The van der Waals surface area contributed by atoms with Crippen LogP contribution in [0.25, 0.3) is 10.6 Å². The van der Waals surface area contributed by atoms with E-state index in [-0.39, 0.29) is 17.2 Å². The number of aromatic nitrogens is 2. The van der Waals surface area contributed by atoms with Gasteiger partial charge in [0, 0.05) is 0 Å². The average Bonchev–Trinajstić information content (AvgIpc) is 3.29. The predicted octanol–water partition coefficient (Wildman–Crippen LogP) is 3.07. The third kappa shape index (κ3) is 2.37. The highest BCUT2D eigenvalue weighted by molar-refractivity contribution is 7.13. The second-order valence-corrected chi connectivity index (χ2v) is 6.60. The molecule has 8 heteroatoms. The first-order chi connectivity index (χ1) is 12.6. The molecule has 1 aliphatic heterocycles. The number of methoxy groups -OCH3 is 1. The third-order valence-corrected chi connectivity index (χ3v) is 5.13. The van der Waals surface area contributed by atoms with Crippen molar-refractivity contribution in [3.05, 3.63) is 58.3 Å². The van der Waals surface area contributed by atoms with Gasteiger partial charge in [0.25, 0.3) is 0 Å². The van der Waals surface area contributed by atoms with E-state index in [1.807, 2.05) is 17.5 Å². The number of allylic oxidation sites excluding steroid dienone is 1. The van der Waals surface area contributed by atoms with Crippen molar-refractivity contribution in [3.63, 3.8) is 0 Å². The molecule has 4 N–H and O–H groups in total. The summed E-state index contributed by atoms with van der Waals surface area (Å²) in [6.45, 7) is 0. The van der Waals surface area contributed by atoms with Crippen molar-refractivity contribution in [2.24, 2.45) is 5.73 Å². The summed E-state index contributed by atoms with van der Waals surface area (Å²) in [4.78, 5) is 0.961. The van der Waals surface area contributed by atoms with E-state index in [0.717, 1.165) is 10.6 Å². The van der Waals surface area contributed by atoms with E-state index in [1.165, 1.54) is 7.11 Å². The standard InChI is InChI=1S/C18H14N4O3S/c1-24-12-5-4-9(7-11(12)23)14-10(8-19)17(20)25-18-15(14)16(21-22-18)13-3-2-6-26-13/h2-7,14,23H,20H2,1H3,(H,21,22). The summed E-state index contributed by atoms with van der Waals surface area (Å²) in [5.74, 6) is 0.142. The minimum Gasteiger partial charge on any atom is -0.504 e. The van der Waals surface area contributed by atoms with E-state index in [0.29, 0.717) is 22.8 Å². The lowest BCUT2D eigenvalue weighted by Gasteiger charge is -2.24. The summed E-state index contributed by atoms with van der Waals surface area (Å²) < 4.78 is 10.7. The zero-order chi connectivity index (χ0) is 18.3. The molecule has 0 spiro atoms. The van der Waals surface area contributed by atoms with Crippen molar-refractivity contribution >= 4 is 11.3 Å². The molecule has 0 saturated carbocycles. The number of hydrogen-bond acceptors (Lipinski definition) is 7. The fourth-order valence-corrected chi connectivity index (χ4v) is 3.81. The number of benzene rings is 1. The number of aromatic hydroxyl groups is 1. The molecule has 0 aliphatic carbocycles. The molecular weight excluding hydrogens is 352 g/mol. The lowest BCUT2D eigenvalue weighted by atomic mass is 9.83. The summed E-state index contributed by atoms with van der Waals surface area (Å²) in [5.41, 5.74) is 8.37. The van der Waals surface area contributed by atoms with Gasteiger partial charge in [0.2, 0.25) is 11.8 Å². The van der Waals surface area contributed by atoms with Crippen LogP contribution in [0.4, 0.5) is 0 Å². The van der Waals surface area contributed by atoms with Crippen molar-refractivity contribution in [2.45, 2.75) is 5.92 Å². The molecule has 26 heavy (non-hydrogen) atoms. The number of thiophene rings is 1. The van der Waals surface area contributed by atoms with Gasteiger partial charge in [0.1, 0.15) is 11.6 Å². The number of phenolic OH excluding ortho intramolecular Hbond substituents is 1. The van der Waals surface area contributed by atoms with Crippen molar-refractivity contribution < 1.29 is 14.6 Å². The number of nitriles is 1. The number of hydrogen-bond donors (Lipinski definition) is 3. The van der Waals surface area contributed by atoms with E-state index in [9.17, 15) is 10.4 Å². The van der Waals surface area contributed by atoms with Crippen molar-refractivity contribution in [3.8, 4) is 34.0 Å². The summed E-state index contributed by atoms with van der Waals surface area (Å²) in [6.07, 6.45) is 0. The molecule has 0 amide bonds. The Bertz CT molecular complexity index is 1050. The van der Waals surface area contributed by atoms with Gasteiger partial charge in [0.05, 0.1) is 29.2 Å². The van der Waals surface area contributed by atoms with Gasteiger partial charge in [-0.15, -0.1) is 16.4 Å². The number of nitrogens with zero attached hydrogens (tertiary/aromatic N) is 2. The number of rotatable bonds is 3. The van der Waals surface area contributed by atoms with Gasteiger partial charge in [-0.3, -0.25) is 5.10 Å². The van der Waals surface area contributed by atoms with Crippen LogP contribution in [0.15, 0.2) is 47.2 Å². The molecule has 1 unspecified atom stereocenters. The highest BCUT2D eigenvalue weighted by Gasteiger charge is 2.36. The molecule has 0 radical (unpaired) electrons. The molecule has 0 fully saturated rings. The molecule has 1 aliphatic rings. The summed E-state index contributed by atoms with van der Waals surface area (Å²) in [5, 5.41) is 29.0. The SMILES string of the molecule is COc1ccc(C2C(C#N)=C(N)Oc3n[nH]c(-c4cccs4)c32)cc1O. The third-order valence-electron chi connectivity index (χ3n) is 4.24. The quantitative estimate of drug-likeness (QED) is 0.656. The van der Waals surface area contributed by atoms with Crippen LogP contribution < -0.4 is 15.2 Å². The lowest BCUT2D eigenvalue weighted by Crippen LogP contribution is -2.20. The molecule has 0 bridgehead atoms. The molecule has 130 valence electrons. The van der Waals surface area contributed by atoms with Crippen LogP contribution in [0.3, 0.4) is 0 Å². The van der Waals surface area contributed by atoms with Crippen molar-refractivity contribution in [2.75, 3.05) is 7.11 Å². The minimum atomic E-state index is -0.517. The molecule has 7 nitrogen and oxygen atoms in total. The number of ether oxygens (including phenoxy) is 2. The Kier molecular flexibility index (Phi) is 3.78. The first-order valence-corrected chi connectivity index (χ1v) is 8.58. The zero-order valence-corrected chi connectivity index (χ0v) is 14.5. The van der Waals surface area contributed by atoms with Crippen LogP contribution >= 0.6 is 11.3 Å². The van der Waals surface area contributed by atoms with E-state index in [1.54, 1.807) is 29.5 Å². The van der Waals surface area contributed by atoms with Crippen molar-refractivity contribution in [1.29, 1.82) is 5.26 Å². The maximum atomic E-state index is 10.2. The fraction of sp³-hybridized carbons (Fsp3) is 0.111. The lowest BCUT2D eigenvalue weighted by molar-refractivity contribution is 0.371. The van der Waals surface area contributed by atoms with Crippen LogP contribution in [-0.4, -0.2) is 22.4 Å². The second kappa shape index (κ2) is 6.13. The Morgan fingerprint density at radius 3 is 2.92 bits per heavy atom. The Morgan fingerprint density at radius 2 is 2.27 bits per heavy atom. The number of nitrogens with two attached hydrogens (primary N) is 1. The zero-order valence-electron chi connectivity index (χ0n) is 13.7. The van der Waals surface area contributed by atoms with E-state index < -0.39 is 5.92 Å². The molecule has 1 aromatic carbocycles. The molecule has 1 atom stereocenters. The molecule has 3 aromatic rings. The summed E-state index contributed by atoms with van der Waals surface area (Å²) in [6, 6.07) is 11.0. The average molecular weight is 366 g/mol. The largest absolute Gasteiger partial charge is 0.504 e. The molecule has 4 rings (SSSR count). The molecule has 3 heterocycles. The fourth-order valence-electron chi connectivity index (χ4n) is 3.07. The van der Waals surface area contributed by atoms with Gasteiger partial charge in [-0.25, -0.2) is 0 Å². The number of H-pyrrole nitrogens is 1. The van der Waals surface area contributed by atoms with Gasteiger partial charge < -0.3 is 20.3 Å². The van der Waals surface area contributed by atoms with Gasteiger partial charge in [-0.1, -0.05) is 12.1 Å². The number of nitrogens with one attached hydrogen (secondary N) is 1. The Hall–Kier alpha value is -3.44. The summed E-state index contributed by atoms with van der Waals surface area (Å²) in [7, 11) is 1.48. The van der Waals surface area contributed by atoms with Crippen LogP contribution in [0.1, 0.15) is 17.0 Å². The van der Waals surface area contributed by atoms with E-state index in [2.05, 4.69) is 16.3 Å². The molecule has 2 aromatic heterocycles. The van der Waals surface area contributed by atoms with E-state index in [4.69, 9.17) is 15.2 Å². The first-order valence-electron chi connectivity index (χ1n) is 7.70. The molecular formula is C18H14N4O3S. The van der Waals surface area contributed by atoms with Gasteiger partial charge >= 0.3 is 0 Å². The normalized spacial score (nSPS) is 15.9. The predicted molar refractivity (Wildman–Crippen MR) is 95.9 cm³/mol. The van der Waals surface area contributed by atoms with Gasteiger partial charge in [-0.2, -0.15) is 5.26 Å². The van der Waals surface area contributed by atoms with Crippen LogP contribution in [0, 0.1) is 11.3 Å². The monoisotopic (exact) mass is 366 g/mol. The topological polar surface area (TPSA) is 117 Å². The highest BCUT2D eigenvalue weighted by atomic mass is 32.1. The maximum absolute atomic E-state index is 10.2. The number of fused-ring (bicyclic) bond motifs is 1. The van der Waals surface area contributed by atoms with Gasteiger partial charge in [-0.05, 0) is 29.1 Å². The number of phenols is 1. The van der Waals surface area contributed by atoms with Crippen LogP contribution in [-0.2, 0) is 0 Å². The smallest absolute Gasteiger partial charge is 0.244 e. The minimum absolute atomic E-state index is 0.00420. The Balaban J connectivity index is 1.94. The van der Waals surface area contributed by atoms with E-state index >= 15 is 0 Å². The van der Waals surface area contributed by atoms with Crippen LogP contribution in [0.5, 0.6) is 17.4 Å². The highest BCUT2D eigenvalue weighted by Crippen LogP contribution is 2.47. The first kappa shape index (κ1) is 16.1. The maximum Gasteiger partial charge on any atom is 0.244 e.